The third-order valence-electron chi connectivity index (χ3n) is 5.46. The van der Waals surface area contributed by atoms with Gasteiger partial charge in [-0.15, -0.1) is 0 Å². The van der Waals surface area contributed by atoms with Crippen molar-refractivity contribution in [3.8, 4) is 5.75 Å². The van der Waals surface area contributed by atoms with Gasteiger partial charge in [0.15, 0.2) is 11.6 Å². The summed E-state index contributed by atoms with van der Waals surface area (Å²) in [5.41, 5.74) is 1.93. The van der Waals surface area contributed by atoms with Gasteiger partial charge in [0.05, 0.1) is 5.92 Å². The summed E-state index contributed by atoms with van der Waals surface area (Å²) in [7, 11) is 0. The van der Waals surface area contributed by atoms with Crippen molar-refractivity contribution >= 4 is 5.91 Å². The molecule has 30 heavy (non-hydrogen) atoms. The second kappa shape index (κ2) is 9.08. The zero-order valence-corrected chi connectivity index (χ0v) is 16.5. The molecule has 3 aromatic rings. The van der Waals surface area contributed by atoms with E-state index in [0.717, 1.165) is 23.3 Å². The molecule has 3 aromatic carbocycles. The Labute approximate surface area is 174 Å². The Morgan fingerprint density at radius 1 is 0.833 bits per heavy atom. The highest BCUT2D eigenvalue weighted by atomic mass is 19.2. The van der Waals surface area contributed by atoms with E-state index in [1.807, 2.05) is 65.6 Å². The number of piperidine rings is 1. The lowest BCUT2D eigenvalue weighted by Gasteiger charge is -2.34. The molecule has 0 radical (unpaired) electrons. The minimum absolute atomic E-state index is 0.0682. The number of carbonyl (C=O) groups is 1. The number of carbonyl (C=O) groups excluding carboxylic acids is 1. The SMILES string of the molecule is O=C(C(c1ccccc1)c1ccccc1)N1CCC(Oc2ccc(F)c(F)c2)CC1. The van der Waals surface area contributed by atoms with Crippen LogP contribution in [0.5, 0.6) is 5.75 Å². The average Bonchev–Trinajstić information content (AvgIpc) is 2.78. The van der Waals surface area contributed by atoms with Crippen LogP contribution >= 0.6 is 0 Å². The average molecular weight is 407 g/mol. The van der Waals surface area contributed by atoms with Crippen LogP contribution in [0.25, 0.3) is 0 Å². The Balaban J connectivity index is 1.45. The molecule has 0 N–H and O–H groups in total. The van der Waals surface area contributed by atoms with Crippen molar-refractivity contribution in [1.29, 1.82) is 0 Å². The van der Waals surface area contributed by atoms with Crippen LogP contribution in [0.15, 0.2) is 78.9 Å². The van der Waals surface area contributed by atoms with Gasteiger partial charge in [0.1, 0.15) is 11.9 Å². The lowest BCUT2D eigenvalue weighted by atomic mass is 9.89. The fourth-order valence-corrected chi connectivity index (χ4v) is 3.89. The monoisotopic (exact) mass is 407 g/mol. The summed E-state index contributed by atoms with van der Waals surface area (Å²) in [6, 6.07) is 23.1. The molecule has 0 aromatic heterocycles. The number of halogens is 2. The van der Waals surface area contributed by atoms with Gasteiger partial charge in [-0.3, -0.25) is 4.79 Å². The van der Waals surface area contributed by atoms with Crippen LogP contribution in [-0.4, -0.2) is 30.0 Å². The summed E-state index contributed by atoms with van der Waals surface area (Å²) in [5, 5.41) is 0. The zero-order chi connectivity index (χ0) is 20.9. The Hall–Kier alpha value is -3.21. The lowest BCUT2D eigenvalue weighted by Crippen LogP contribution is -2.44. The van der Waals surface area contributed by atoms with E-state index in [4.69, 9.17) is 4.74 Å². The van der Waals surface area contributed by atoms with Crippen LogP contribution in [0.3, 0.4) is 0 Å². The number of nitrogens with zero attached hydrogens (tertiary/aromatic N) is 1. The smallest absolute Gasteiger partial charge is 0.234 e. The Kier molecular flexibility index (Phi) is 6.07. The van der Waals surface area contributed by atoms with Gasteiger partial charge in [0.2, 0.25) is 5.91 Å². The first-order chi connectivity index (χ1) is 14.6. The lowest BCUT2D eigenvalue weighted by molar-refractivity contribution is -0.133. The minimum Gasteiger partial charge on any atom is -0.490 e. The largest absolute Gasteiger partial charge is 0.490 e. The molecule has 1 saturated heterocycles. The fourth-order valence-electron chi connectivity index (χ4n) is 3.89. The van der Waals surface area contributed by atoms with Crippen molar-refractivity contribution in [2.24, 2.45) is 0 Å². The standard InChI is InChI=1S/C25H23F2NO2/c26-22-12-11-21(17-23(22)27)30-20-13-15-28(16-14-20)25(29)24(18-7-3-1-4-8-18)19-9-5-2-6-10-19/h1-12,17,20,24H,13-16H2. The Morgan fingerprint density at radius 2 is 1.40 bits per heavy atom. The maximum absolute atomic E-state index is 13.4. The second-order valence-corrected chi connectivity index (χ2v) is 7.47. The normalized spacial score (nSPS) is 14.7. The van der Waals surface area contributed by atoms with Gasteiger partial charge in [-0.1, -0.05) is 60.7 Å². The molecule has 1 heterocycles. The summed E-state index contributed by atoms with van der Waals surface area (Å²) < 4.78 is 32.3. The number of ether oxygens (including phenoxy) is 1. The predicted octanol–water partition coefficient (Wildman–Crippen LogP) is 5.17. The van der Waals surface area contributed by atoms with Gasteiger partial charge in [0.25, 0.3) is 0 Å². The first-order valence-electron chi connectivity index (χ1n) is 10.1. The van der Waals surface area contributed by atoms with Crippen LogP contribution in [-0.2, 0) is 4.79 Å². The van der Waals surface area contributed by atoms with Gasteiger partial charge in [0, 0.05) is 32.0 Å². The molecule has 4 rings (SSSR count). The molecule has 5 heteroatoms. The molecule has 1 amide bonds. The quantitative estimate of drug-likeness (QED) is 0.584. The second-order valence-electron chi connectivity index (χ2n) is 7.47. The molecule has 0 saturated carbocycles. The molecule has 0 spiro atoms. The maximum Gasteiger partial charge on any atom is 0.234 e. The Morgan fingerprint density at radius 3 is 1.93 bits per heavy atom. The number of hydrogen-bond acceptors (Lipinski definition) is 2. The third kappa shape index (κ3) is 4.51. The summed E-state index contributed by atoms with van der Waals surface area (Å²) in [6.07, 6.45) is 1.15. The first-order valence-corrected chi connectivity index (χ1v) is 10.1. The first kappa shape index (κ1) is 20.1. The molecular weight excluding hydrogens is 384 g/mol. The van der Waals surface area contributed by atoms with E-state index in [1.54, 1.807) is 0 Å². The van der Waals surface area contributed by atoms with Gasteiger partial charge in [-0.2, -0.15) is 0 Å². The fraction of sp³-hybridized carbons (Fsp3) is 0.240. The van der Waals surface area contributed by atoms with Crippen LogP contribution in [0.1, 0.15) is 29.9 Å². The molecule has 0 bridgehead atoms. The van der Waals surface area contributed by atoms with Crippen molar-refractivity contribution < 1.29 is 18.3 Å². The zero-order valence-electron chi connectivity index (χ0n) is 16.5. The van der Waals surface area contributed by atoms with E-state index in [0.29, 0.717) is 31.7 Å². The number of hydrogen-bond donors (Lipinski definition) is 0. The number of likely N-dealkylation sites (tertiary alicyclic amines) is 1. The van der Waals surface area contributed by atoms with Crippen LogP contribution in [0.4, 0.5) is 8.78 Å². The number of benzene rings is 3. The molecule has 1 aliphatic heterocycles. The van der Waals surface area contributed by atoms with Gasteiger partial charge in [-0.25, -0.2) is 8.78 Å². The highest BCUT2D eigenvalue weighted by Crippen LogP contribution is 2.29. The molecule has 3 nitrogen and oxygen atoms in total. The van der Waals surface area contributed by atoms with E-state index >= 15 is 0 Å². The van der Waals surface area contributed by atoms with Gasteiger partial charge < -0.3 is 9.64 Å². The van der Waals surface area contributed by atoms with E-state index in [1.165, 1.54) is 6.07 Å². The molecule has 154 valence electrons. The van der Waals surface area contributed by atoms with Crippen LogP contribution < -0.4 is 4.74 Å². The summed E-state index contributed by atoms with van der Waals surface area (Å²) in [5.74, 6) is -1.79. The number of rotatable bonds is 5. The van der Waals surface area contributed by atoms with Crippen molar-refractivity contribution in [3.05, 3.63) is 102 Å². The molecule has 0 unspecified atom stereocenters. The van der Waals surface area contributed by atoms with Gasteiger partial charge in [-0.05, 0) is 23.3 Å². The summed E-state index contributed by atoms with van der Waals surface area (Å²) in [4.78, 5) is 15.3. The van der Waals surface area contributed by atoms with Gasteiger partial charge >= 0.3 is 0 Å². The summed E-state index contributed by atoms with van der Waals surface area (Å²) >= 11 is 0. The highest BCUT2D eigenvalue weighted by Gasteiger charge is 2.31. The molecule has 1 fully saturated rings. The van der Waals surface area contributed by atoms with Crippen molar-refractivity contribution in [2.45, 2.75) is 24.9 Å². The third-order valence-corrected chi connectivity index (χ3v) is 5.46. The molecule has 0 atom stereocenters. The number of amides is 1. The topological polar surface area (TPSA) is 29.5 Å². The van der Waals surface area contributed by atoms with E-state index in [9.17, 15) is 13.6 Å². The van der Waals surface area contributed by atoms with E-state index < -0.39 is 11.6 Å². The van der Waals surface area contributed by atoms with E-state index in [-0.39, 0.29) is 17.9 Å². The highest BCUT2D eigenvalue weighted by molar-refractivity contribution is 5.87. The Bertz CT molecular complexity index is 947. The van der Waals surface area contributed by atoms with Crippen LogP contribution in [0, 0.1) is 11.6 Å². The molecular formula is C25H23F2NO2. The van der Waals surface area contributed by atoms with Crippen molar-refractivity contribution in [2.75, 3.05) is 13.1 Å². The molecule has 0 aliphatic carbocycles. The van der Waals surface area contributed by atoms with Crippen molar-refractivity contribution in [3.63, 3.8) is 0 Å². The predicted molar refractivity (Wildman–Crippen MR) is 111 cm³/mol. The maximum atomic E-state index is 13.4. The van der Waals surface area contributed by atoms with Crippen molar-refractivity contribution in [1.82, 2.24) is 4.90 Å². The minimum atomic E-state index is -0.923. The van der Waals surface area contributed by atoms with Crippen LogP contribution in [0.2, 0.25) is 0 Å². The summed E-state index contributed by atoms with van der Waals surface area (Å²) in [6.45, 7) is 1.12. The molecule has 1 aliphatic rings. The van der Waals surface area contributed by atoms with E-state index in [2.05, 4.69) is 0 Å².